The van der Waals surface area contributed by atoms with E-state index in [2.05, 4.69) is 123 Å². The van der Waals surface area contributed by atoms with Crippen LogP contribution in [-0.4, -0.2) is 17.6 Å². The summed E-state index contributed by atoms with van der Waals surface area (Å²) in [6, 6.07) is 29.0. The zero-order valence-electron chi connectivity index (χ0n) is 21.0. The van der Waals surface area contributed by atoms with E-state index in [-0.39, 0.29) is 0 Å². The maximum absolute atomic E-state index is 5.05. The summed E-state index contributed by atoms with van der Waals surface area (Å²) >= 11 is 0. The van der Waals surface area contributed by atoms with Gasteiger partial charge in [0, 0.05) is 40.1 Å². The smallest absolute Gasteiger partial charge is 0.114 e. The molecule has 3 heteroatoms. The minimum Gasteiger partial charge on any atom is -0.341 e. The summed E-state index contributed by atoms with van der Waals surface area (Å²) in [7, 11) is -1.84. The van der Waals surface area contributed by atoms with Gasteiger partial charge in [0.2, 0.25) is 0 Å². The molecule has 2 heterocycles. The van der Waals surface area contributed by atoms with Crippen LogP contribution in [0, 0.1) is 5.92 Å². The van der Waals surface area contributed by atoms with Crippen LogP contribution in [-0.2, 0) is 13.0 Å². The van der Waals surface area contributed by atoms with Gasteiger partial charge in [0.05, 0.1) is 5.69 Å². The summed E-state index contributed by atoms with van der Waals surface area (Å²) in [6.45, 7) is 12.7. The first-order valence-corrected chi connectivity index (χ1v) is 15.5. The van der Waals surface area contributed by atoms with Gasteiger partial charge in [0.1, 0.15) is 8.07 Å². The van der Waals surface area contributed by atoms with Gasteiger partial charge in [-0.2, -0.15) is 0 Å². The Bertz CT molecular complexity index is 1460. The van der Waals surface area contributed by atoms with Crippen LogP contribution >= 0.6 is 0 Å². The van der Waals surface area contributed by atoms with Crippen molar-refractivity contribution in [1.82, 2.24) is 9.55 Å². The van der Waals surface area contributed by atoms with Crippen LogP contribution in [0.1, 0.15) is 26.3 Å². The van der Waals surface area contributed by atoms with Gasteiger partial charge in [0.25, 0.3) is 0 Å². The minimum absolute atomic E-state index is 0.597. The first-order valence-electron chi connectivity index (χ1n) is 12.5. The van der Waals surface area contributed by atoms with Crippen molar-refractivity contribution in [3.63, 3.8) is 0 Å². The van der Waals surface area contributed by atoms with Crippen LogP contribution in [0.15, 0.2) is 85.1 Å². The van der Waals surface area contributed by atoms with Gasteiger partial charge in [0.15, 0.2) is 0 Å². The van der Waals surface area contributed by atoms with E-state index in [1.54, 1.807) is 0 Å². The molecule has 172 valence electrons. The third kappa shape index (κ3) is 3.88. The summed E-state index contributed by atoms with van der Waals surface area (Å²) in [4.78, 5) is 5.05. The molecular formula is C31H34N2Si. The van der Waals surface area contributed by atoms with Crippen LogP contribution < -0.4 is 10.4 Å². The molecule has 2 aromatic heterocycles. The quantitative estimate of drug-likeness (QED) is 0.251. The minimum atomic E-state index is -1.84. The van der Waals surface area contributed by atoms with Crippen molar-refractivity contribution in [3.05, 3.63) is 90.6 Å². The molecule has 0 atom stereocenters. The van der Waals surface area contributed by atoms with Crippen LogP contribution in [0.5, 0.6) is 0 Å². The highest BCUT2D eigenvalue weighted by molar-refractivity contribution is 7.00. The lowest BCUT2D eigenvalue weighted by atomic mass is 10.0. The van der Waals surface area contributed by atoms with Crippen LogP contribution in [0.2, 0.25) is 13.1 Å². The Morgan fingerprint density at radius 2 is 1.53 bits per heavy atom. The maximum atomic E-state index is 5.05. The molecule has 0 saturated carbocycles. The van der Waals surface area contributed by atoms with E-state index in [0.717, 1.165) is 18.7 Å². The zero-order valence-corrected chi connectivity index (χ0v) is 22.0. The Balaban J connectivity index is 1.65. The third-order valence-corrected chi connectivity index (χ3v) is 10.7. The molecule has 0 aliphatic rings. The second kappa shape index (κ2) is 8.88. The molecule has 0 unspecified atom stereocenters. The number of rotatable bonds is 6. The summed E-state index contributed by atoms with van der Waals surface area (Å²) < 4.78 is 2.41. The van der Waals surface area contributed by atoms with Gasteiger partial charge in [-0.05, 0) is 54.3 Å². The molecule has 0 spiro atoms. The highest BCUT2D eigenvalue weighted by Crippen LogP contribution is 2.32. The first kappa shape index (κ1) is 22.6. The standard InChI is InChI=1S/C31H34N2Si/c1-6-33-29-15-11-10-14-26(29)27-19-23(16-17-30(27)33)28-20-24(18-22(2)3)31(21-32-28)34(4,5)25-12-8-7-9-13-25/h7-17,19-22H,6,18H2,1-5H3. The van der Waals surface area contributed by atoms with Crippen LogP contribution in [0.4, 0.5) is 0 Å². The van der Waals surface area contributed by atoms with E-state index in [1.165, 1.54) is 43.3 Å². The molecule has 0 bridgehead atoms. The number of aryl methyl sites for hydroxylation is 1. The maximum Gasteiger partial charge on any atom is 0.114 e. The molecule has 0 amide bonds. The van der Waals surface area contributed by atoms with Gasteiger partial charge in [-0.25, -0.2) is 0 Å². The van der Waals surface area contributed by atoms with Crippen molar-refractivity contribution in [3.8, 4) is 11.3 Å². The number of aromatic nitrogens is 2. The van der Waals surface area contributed by atoms with Crippen molar-refractivity contribution in [2.75, 3.05) is 0 Å². The van der Waals surface area contributed by atoms with Gasteiger partial charge >= 0.3 is 0 Å². The zero-order chi connectivity index (χ0) is 23.9. The van der Waals surface area contributed by atoms with Crippen LogP contribution in [0.25, 0.3) is 33.1 Å². The monoisotopic (exact) mass is 462 g/mol. The number of nitrogens with zero attached hydrogens (tertiary/aromatic N) is 2. The van der Waals surface area contributed by atoms with Crippen LogP contribution in [0.3, 0.4) is 0 Å². The Morgan fingerprint density at radius 3 is 2.26 bits per heavy atom. The molecule has 0 N–H and O–H groups in total. The summed E-state index contributed by atoms with van der Waals surface area (Å²) in [6.07, 6.45) is 3.26. The molecule has 0 fully saturated rings. The van der Waals surface area contributed by atoms with Crippen molar-refractivity contribution in [2.24, 2.45) is 5.92 Å². The number of benzene rings is 3. The highest BCUT2D eigenvalue weighted by atomic mass is 28.3. The molecule has 0 aliphatic heterocycles. The molecule has 0 aliphatic carbocycles. The summed E-state index contributed by atoms with van der Waals surface area (Å²) in [5.41, 5.74) is 6.33. The molecular weight excluding hydrogens is 428 g/mol. The molecule has 3 aromatic carbocycles. The molecule has 34 heavy (non-hydrogen) atoms. The number of para-hydroxylation sites is 1. The lowest BCUT2D eigenvalue weighted by Crippen LogP contribution is -2.54. The Hall–Kier alpha value is -3.17. The highest BCUT2D eigenvalue weighted by Gasteiger charge is 2.29. The lowest BCUT2D eigenvalue weighted by molar-refractivity contribution is 0.649. The molecule has 5 rings (SSSR count). The first-order chi connectivity index (χ1) is 16.4. The SMILES string of the molecule is CCn1c2ccccc2c2cc(-c3cc(CC(C)C)c([Si](C)(C)c4ccccc4)cn3)ccc21. The Kier molecular flexibility index (Phi) is 5.91. The van der Waals surface area contributed by atoms with Crippen molar-refractivity contribution in [2.45, 2.75) is 46.8 Å². The largest absolute Gasteiger partial charge is 0.341 e. The van der Waals surface area contributed by atoms with E-state index in [1.807, 2.05) is 0 Å². The van der Waals surface area contributed by atoms with E-state index in [9.17, 15) is 0 Å². The fraction of sp³-hybridized carbons (Fsp3) is 0.258. The van der Waals surface area contributed by atoms with Gasteiger partial charge in [-0.1, -0.05) is 86.7 Å². The number of fused-ring (bicyclic) bond motifs is 3. The van der Waals surface area contributed by atoms with E-state index in [0.29, 0.717) is 5.92 Å². The predicted octanol–water partition coefficient (Wildman–Crippen LogP) is 6.90. The molecule has 2 nitrogen and oxygen atoms in total. The van der Waals surface area contributed by atoms with E-state index in [4.69, 9.17) is 4.98 Å². The second-order valence-corrected chi connectivity index (χ2v) is 14.7. The number of pyridine rings is 1. The Labute approximate surface area is 204 Å². The third-order valence-electron chi connectivity index (χ3n) is 7.17. The summed E-state index contributed by atoms with van der Waals surface area (Å²) in [5.74, 6) is 0.597. The topological polar surface area (TPSA) is 17.8 Å². The van der Waals surface area contributed by atoms with E-state index >= 15 is 0 Å². The fourth-order valence-corrected chi connectivity index (χ4v) is 8.09. The summed E-state index contributed by atoms with van der Waals surface area (Å²) in [5, 5.41) is 5.55. The molecule has 0 radical (unpaired) electrons. The Morgan fingerprint density at radius 1 is 0.824 bits per heavy atom. The lowest BCUT2D eigenvalue weighted by Gasteiger charge is -2.27. The van der Waals surface area contributed by atoms with Gasteiger partial charge in [-0.15, -0.1) is 0 Å². The average molecular weight is 463 g/mol. The predicted molar refractivity (Wildman–Crippen MR) is 150 cm³/mol. The fourth-order valence-electron chi connectivity index (χ4n) is 5.39. The van der Waals surface area contributed by atoms with Crippen molar-refractivity contribution in [1.29, 1.82) is 0 Å². The van der Waals surface area contributed by atoms with Crippen molar-refractivity contribution >= 4 is 40.3 Å². The van der Waals surface area contributed by atoms with Gasteiger partial charge in [-0.3, -0.25) is 4.98 Å². The molecule has 0 saturated heterocycles. The van der Waals surface area contributed by atoms with E-state index < -0.39 is 8.07 Å². The number of hydrogen-bond acceptors (Lipinski definition) is 1. The number of hydrogen-bond donors (Lipinski definition) is 0. The van der Waals surface area contributed by atoms with Gasteiger partial charge < -0.3 is 4.57 Å². The van der Waals surface area contributed by atoms with Crippen molar-refractivity contribution < 1.29 is 0 Å². The average Bonchev–Trinajstić information content (AvgIpc) is 3.17. The normalized spacial score (nSPS) is 12.2. The molecule has 5 aromatic rings. The second-order valence-electron chi connectivity index (χ2n) is 10.3.